The van der Waals surface area contributed by atoms with Crippen LogP contribution in [-0.2, 0) is 30.2 Å². The first-order valence-electron chi connectivity index (χ1n) is 11.3. The molecular weight excluding hydrogens is 420 g/mol. The predicted molar refractivity (Wildman–Crippen MR) is 121 cm³/mol. The highest BCUT2D eigenvalue weighted by Crippen LogP contribution is 2.43. The number of carbonyl (C=O) groups is 3. The summed E-state index contributed by atoms with van der Waals surface area (Å²) in [6.45, 7) is 1.39. The van der Waals surface area contributed by atoms with Gasteiger partial charge in [0.05, 0.1) is 12.0 Å². The monoisotopic (exact) mass is 448 g/mol. The molecule has 1 heterocycles. The van der Waals surface area contributed by atoms with Gasteiger partial charge in [-0.15, -0.1) is 0 Å². The SMILES string of the molecule is CC(=O)O[C@H](/C=C/[C@@H]1[C@H]2CC(=O)O[C@H]2C[C@H]1OC(=O)c1ccccc1)CCc1ccccc1. The molecule has 1 saturated heterocycles. The highest BCUT2D eigenvalue weighted by atomic mass is 16.6. The van der Waals surface area contributed by atoms with Gasteiger partial charge in [-0.2, -0.15) is 0 Å². The van der Waals surface area contributed by atoms with E-state index >= 15 is 0 Å². The Labute approximate surface area is 193 Å². The maximum Gasteiger partial charge on any atom is 0.338 e. The van der Waals surface area contributed by atoms with Crippen LogP contribution < -0.4 is 0 Å². The van der Waals surface area contributed by atoms with Crippen molar-refractivity contribution in [2.75, 3.05) is 0 Å². The van der Waals surface area contributed by atoms with Crippen LogP contribution in [0.2, 0.25) is 0 Å². The lowest BCUT2D eigenvalue weighted by Gasteiger charge is -2.21. The van der Waals surface area contributed by atoms with E-state index in [1.165, 1.54) is 6.92 Å². The van der Waals surface area contributed by atoms with Crippen LogP contribution in [0.4, 0.5) is 0 Å². The van der Waals surface area contributed by atoms with Crippen molar-refractivity contribution < 1.29 is 28.6 Å². The fourth-order valence-corrected chi connectivity index (χ4v) is 4.68. The van der Waals surface area contributed by atoms with Gasteiger partial charge in [0.25, 0.3) is 0 Å². The minimum absolute atomic E-state index is 0.0607. The summed E-state index contributed by atoms with van der Waals surface area (Å²) in [6.07, 6.45) is 4.86. The molecule has 6 nitrogen and oxygen atoms in total. The zero-order chi connectivity index (χ0) is 23.2. The quantitative estimate of drug-likeness (QED) is 0.341. The lowest BCUT2D eigenvalue weighted by atomic mass is 9.91. The molecule has 2 fully saturated rings. The lowest BCUT2D eigenvalue weighted by molar-refractivity contribution is -0.144. The Morgan fingerprint density at radius 1 is 1.09 bits per heavy atom. The van der Waals surface area contributed by atoms with Crippen LogP contribution in [0.5, 0.6) is 0 Å². The Balaban J connectivity index is 1.48. The van der Waals surface area contributed by atoms with Crippen molar-refractivity contribution >= 4 is 17.9 Å². The molecule has 0 spiro atoms. The number of carbonyl (C=O) groups excluding carboxylic acids is 3. The van der Waals surface area contributed by atoms with E-state index in [1.807, 2.05) is 48.6 Å². The highest BCUT2D eigenvalue weighted by molar-refractivity contribution is 5.89. The fraction of sp³-hybridized carbons (Fsp3) is 0.370. The van der Waals surface area contributed by atoms with Crippen molar-refractivity contribution in [1.29, 1.82) is 0 Å². The zero-order valence-corrected chi connectivity index (χ0v) is 18.6. The maximum absolute atomic E-state index is 12.6. The molecule has 0 bridgehead atoms. The van der Waals surface area contributed by atoms with Gasteiger partial charge < -0.3 is 14.2 Å². The van der Waals surface area contributed by atoms with Crippen molar-refractivity contribution in [3.8, 4) is 0 Å². The molecule has 0 unspecified atom stereocenters. The van der Waals surface area contributed by atoms with Gasteiger partial charge in [-0.3, -0.25) is 9.59 Å². The van der Waals surface area contributed by atoms with Crippen molar-refractivity contribution in [3.63, 3.8) is 0 Å². The molecule has 2 aromatic rings. The van der Waals surface area contributed by atoms with E-state index in [0.29, 0.717) is 24.8 Å². The maximum atomic E-state index is 12.6. The molecule has 0 amide bonds. The Morgan fingerprint density at radius 3 is 2.48 bits per heavy atom. The molecular formula is C27H28O6. The minimum Gasteiger partial charge on any atom is -0.462 e. The number of fused-ring (bicyclic) bond motifs is 1. The number of hydrogen-bond acceptors (Lipinski definition) is 6. The van der Waals surface area contributed by atoms with Gasteiger partial charge in [0.15, 0.2) is 0 Å². The van der Waals surface area contributed by atoms with E-state index in [1.54, 1.807) is 24.3 Å². The molecule has 5 atom stereocenters. The standard InChI is InChI=1S/C27H28O6/c1-18(28)31-21(13-12-19-8-4-2-5-9-19)14-15-22-23-16-26(29)32-25(23)17-24(22)33-27(30)20-10-6-3-7-11-20/h2-11,14-15,21-25H,12-13,16-17H2,1H3/b15-14+/t21-,22+,23+,24+,25-/m0/s1. The number of esters is 3. The zero-order valence-electron chi connectivity index (χ0n) is 18.6. The van der Waals surface area contributed by atoms with Crippen LogP contribution in [0.25, 0.3) is 0 Å². The minimum atomic E-state index is -0.413. The van der Waals surface area contributed by atoms with E-state index in [2.05, 4.69) is 0 Å². The molecule has 1 aliphatic heterocycles. The molecule has 6 heteroatoms. The average Bonchev–Trinajstić information content (AvgIpc) is 3.32. The Morgan fingerprint density at radius 2 is 1.79 bits per heavy atom. The highest BCUT2D eigenvalue weighted by Gasteiger charge is 2.50. The van der Waals surface area contributed by atoms with Crippen molar-refractivity contribution in [2.45, 2.75) is 50.9 Å². The first-order valence-corrected chi connectivity index (χ1v) is 11.3. The normalized spacial score (nSPS) is 24.8. The summed E-state index contributed by atoms with van der Waals surface area (Å²) in [5, 5.41) is 0. The van der Waals surface area contributed by atoms with Crippen LogP contribution in [-0.4, -0.2) is 36.2 Å². The number of benzene rings is 2. The average molecular weight is 449 g/mol. The van der Waals surface area contributed by atoms with E-state index in [0.717, 1.165) is 12.0 Å². The first kappa shape index (κ1) is 22.8. The van der Waals surface area contributed by atoms with Gasteiger partial charge >= 0.3 is 17.9 Å². The molecule has 33 heavy (non-hydrogen) atoms. The molecule has 2 aromatic carbocycles. The molecule has 4 rings (SSSR count). The molecule has 0 radical (unpaired) electrons. The molecule has 1 aliphatic carbocycles. The summed E-state index contributed by atoms with van der Waals surface area (Å²) in [5.41, 5.74) is 1.64. The Hall–Kier alpha value is -3.41. The number of aryl methyl sites for hydroxylation is 1. The number of ether oxygens (including phenoxy) is 3. The number of rotatable bonds is 8. The largest absolute Gasteiger partial charge is 0.462 e. The first-order chi connectivity index (χ1) is 16.0. The molecule has 0 N–H and O–H groups in total. The Kier molecular flexibility index (Phi) is 7.23. The summed E-state index contributed by atoms with van der Waals surface area (Å²) >= 11 is 0. The van der Waals surface area contributed by atoms with Gasteiger partial charge in [-0.1, -0.05) is 54.6 Å². The third-order valence-electron chi connectivity index (χ3n) is 6.24. The second kappa shape index (κ2) is 10.5. The van der Waals surface area contributed by atoms with Gasteiger partial charge in [0.2, 0.25) is 0 Å². The fourth-order valence-electron chi connectivity index (χ4n) is 4.68. The van der Waals surface area contributed by atoms with Crippen LogP contribution in [0.3, 0.4) is 0 Å². The van der Waals surface area contributed by atoms with Crippen LogP contribution in [0.15, 0.2) is 72.8 Å². The topological polar surface area (TPSA) is 78.9 Å². The lowest BCUT2D eigenvalue weighted by Crippen LogP contribution is -2.25. The third-order valence-corrected chi connectivity index (χ3v) is 6.24. The van der Waals surface area contributed by atoms with Crippen molar-refractivity contribution in [2.24, 2.45) is 11.8 Å². The summed E-state index contributed by atoms with van der Waals surface area (Å²) < 4.78 is 16.8. The van der Waals surface area contributed by atoms with Crippen molar-refractivity contribution in [3.05, 3.63) is 83.9 Å². The second-order valence-corrected chi connectivity index (χ2v) is 8.58. The van der Waals surface area contributed by atoms with Crippen LogP contribution in [0.1, 0.15) is 42.1 Å². The van der Waals surface area contributed by atoms with E-state index in [9.17, 15) is 14.4 Å². The smallest absolute Gasteiger partial charge is 0.338 e. The summed E-state index contributed by atoms with van der Waals surface area (Å²) in [5.74, 6) is -1.23. The molecule has 0 aromatic heterocycles. The summed E-state index contributed by atoms with van der Waals surface area (Å²) in [4.78, 5) is 36.2. The van der Waals surface area contributed by atoms with Gasteiger partial charge in [-0.25, -0.2) is 4.79 Å². The second-order valence-electron chi connectivity index (χ2n) is 8.58. The van der Waals surface area contributed by atoms with E-state index in [-0.39, 0.29) is 29.9 Å². The molecule has 1 saturated carbocycles. The van der Waals surface area contributed by atoms with E-state index < -0.39 is 18.2 Å². The number of hydrogen-bond donors (Lipinski definition) is 0. The summed E-state index contributed by atoms with van der Waals surface area (Å²) in [6, 6.07) is 18.8. The van der Waals surface area contributed by atoms with Gasteiger partial charge in [-0.05, 0) is 36.6 Å². The van der Waals surface area contributed by atoms with Crippen LogP contribution in [0, 0.1) is 11.8 Å². The Bertz CT molecular complexity index is 1000. The van der Waals surface area contributed by atoms with Gasteiger partial charge in [0.1, 0.15) is 18.3 Å². The van der Waals surface area contributed by atoms with E-state index in [4.69, 9.17) is 14.2 Å². The predicted octanol–water partition coefficient (Wildman–Crippen LogP) is 4.28. The third kappa shape index (κ3) is 5.89. The summed E-state index contributed by atoms with van der Waals surface area (Å²) in [7, 11) is 0. The van der Waals surface area contributed by atoms with Gasteiger partial charge in [0, 0.05) is 25.2 Å². The van der Waals surface area contributed by atoms with Crippen molar-refractivity contribution in [1.82, 2.24) is 0 Å². The molecule has 2 aliphatic rings. The molecule has 172 valence electrons. The van der Waals surface area contributed by atoms with Crippen LogP contribution >= 0.6 is 0 Å².